The van der Waals surface area contributed by atoms with Gasteiger partial charge in [-0.25, -0.2) is 4.79 Å². The molecule has 0 saturated heterocycles. The Morgan fingerprint density at radius 1 is 1.15 bits per heavy atom. The SMILES string of the molecule is CCCc1sc(C(=O)OCC(=O)NCc2ccc(OC)cc2)cc1CC. The number of esters is 1. The van der Waals surface area contributed by atoms with E-state index in [9.17, 15) is 9.59 Å². The van der Waals surface area contributed by atoms with E-state index >= 15 is 0 Å². The molecular formula is C20H25NO4S. The lowest BCUT2D eigenvalue weighted by atomic mass is 10.1. The number of aryl methyl sites for hydroxylation is 2. The average Bonchev–Trinajstić information content (AvgIpc) is 3.08. The van der Waals surface area contributed by atoms with Crippen LogP contribution in [0.25, 0.3) is 0 Å². The number of carbonyl (C=O) groups excluding carboxylic acids is 2. The number of carbonyl (C=O) groups is 2. The molecular weight excluding hydrogens is 350 g/mol. The molecule has 2 aromatic rings. The lowest BCUT2D eigenvalue weighted by Gasteiger charge is -2.07. The van der Waals surface area contributed by atoms with E-state index in [2.05, 4.69) is 19.2 Å². The van der Waals surface area contributed by atoms with Crippen molar-refractivity contribution in [3.63, 3.8) is 0 Å². The number of benzene rings is 1. The summed E-state index contributed by atoms with van der Waals surface area (Å²) in [6, 6.07) is 9.29. The summed E-state index contributed by atoms with van der Waals surface area (Å²) < 4.78 is 10.2. The number of methoxy groups -OCH3 is 1. The lowest BCUT2D eigenvalue weighted by Crippen LogP contribution is -2.28. The van der Waals surface area contributed by atoms with Gasteiger partial charge in [-0.2, -0.15) is 0 Å². The zero-order valence-electron chi connectivity index (χ0n) is 15.5. The van der Waals surface area contributed by atoms with Gasteiger partial charge in [0.15, 0.2) is 6.61 Å². The van der Waals surface area contributed by atoms with Crippen molar-refractivity contribution >= 4 is 23.2 Å². The molecule has 0 bridgehead atoms. The quantitative estimate of drug-likeness (QED) is 0.678. The molecule has 0 fully saturated rings. The van der Waals surface area contributed by atoms with E-state index in [0.29, 0.717) is 11.4 Å². The summed E-state index contributed by atoms with van der Waals surface area (Å²) in [7, 11) is 1.60. The maximum absolute atomic E-state index is 12.2. The molecule has 0 aliphatic carbocycles. The number of rotatable bonds is 9. The predicted molar refractivity (Wildman–Crippen MR) is 103 cm³/mol. The molecule has 0 saturated carbocycles. The van der Waals surface area contributed by atoms with Crippen LogP contribution in [0, 0.1) is 0 Å². The van der Waals surface area contributed by atoms with Crippen molar-refractivity contribution in [2.24, 2.45) is 0 Å². The van der Waals surface area contributed by atoms with Gasteiger partial charge in [0.2, 0.25) is 0 Å². The van der Waals surface area contributed by atoms with E-state index in [-0.39, 0.29) is 12.5 Å². The fraction of sp³-hybridized carbons (Fsp3) is 0.400. The van der Waals surface area contributed by atoms with E-state index in [1.807, 2.05) is 30.3 Å². The Morgan fingerprint density at radius 3 is 2.50 bits per heavy atom. The Morgan fingerprint density at radius 2 is 1.88 bits per heavy atom. The third-order valence-electron chi connectivity index (χ3n) is 3.94. The molecule has 0 spiro atoms. The number of amides is 1. The summed E-state index contributed by atoms with van der Waals surface area (Å²) >= 11 is 1.46. The average molecular weight is 375 g/mol. The van der Waals surface area contributed by atoms with Crippen LogP contribution in [0.4, 0.5) is 0 Å². The van der Waals surface area contributed by atoms with Crippen LogP contribution >= 0.6 is 11.3 Å². The second-order valence-corrected chi connectivity index (χ2v) is 7.00. The van der Waals surface area contributed by atoms with Crippen molar-refractivity contribution in [3.05, 3.63) is 51.2 Å². The second-order valence-electron chi connectivity index (χ2n) is 5.86. The second kappa shape index (κ2) is 9.97. The number of thiophene rings is 1. The highest BCUT2D eigenvalue weighted by Crippen LogP contribution is 2.25. The summed E-state index contributed by atoms with van der Waals surface area (Å²) in [5, 5.41) is 2.74. The molecule has 0 aliphatic rings. The molecule has 6 heteroatoms. The van der Waals surface area contributed by atoms with Gasteiger partial charge >= 0.3 is 5.97 Å². The molecule has 26 heavy (non-hydrogen) atoms. The maximum Gasteiger partial charge on any atom is 0.348 e. The monoisotopic (exact) mass is 375 g/mol. The molecule has 1 N–H and O–H groups in total. The van der Waals surface area contributed by atoms with Crippen LogP contribution in [0.15, 0.2) is 30.3 Å². The Balaban J connectivity index is 1.81. The van der Waals surface area contributed by atoms with Gasteiger partial charge < -0.3 is 14.8 Å². The molecule has 1 aromatic carbocycles. The number of nitrogens with one attached hydrogen (secondary N) is 1. The fourth-order valence-electron chi connectivity index (χ4n) is 2.50. The molecule has 0 aliphatic heterocycles. The molecule has 1 heterocycles. The molecule has 1 aromatic heterocycles. The van der Waals surface area contributed by atoms with Gasteiger partial charge in [0.05, 0.1) is 7.11 Å². The zero-order valence-corrected chi connectivity index (χ0v) is 16.3. The van der Waals surface area contributed by atoms with Crippen LogP contribution in [0.3, 0.4) is 0 Å². The van der Waals surface area contributed by atoms with Gasteiger partial charge in [-0.1, -0.05) is 32.4 Å². The normalized spacial score (nSPS) is 10.4. The first-order valence-corrected chi connectivity index (χ1v) is 9.57. The largest absolute Gasteiger partial charge is 0.497 e. The smallest absolute Gasteiger partial charge is 0.348 e. The Hall–Kier alpha value is -2.34. The summed E-state index contributed by atoms with van der Waals surface area (Å²) in [4.78, 5) is 25.9. The van der Waals surface area contributed by atoms with Crippen molar-refractivity contribution < 1.29 is 19.1 Å². The molecule has 140 valence electrons. The standard InChI is InChI=1S/C20H25NO4S/c1-4-6-17-15(5-2)11-18(26-17)20(23)25-13-19(22)21-12-14-7-9-16(24-3)10-8-14/h7-11H,4-6,12-13H2,1-3H3,(H,21,22). The molecule has 1 amide bonds. The fourth-order valence-corrected chi connectivity index (χ4v) is 3.75. The third kappa shape index (κ3) is 5.59. The topological polar surface area (TPSA) is 64.6 Å². The van der Waals surface area contributed by atoms with Crippen LogP contribution in [0.2, 0.25) is 0 Å². The van der Waals surface area contributed by atoms with Gasteiger partial charge in [0.25, 0.3) is 5.91 Å². The van der Waals surface area contributed by atoms with Crippen LogP contribution < -0.4 is 10.1 Å². The van der Waals surface area contributed by atoms with Crippen LogP contribution in [0.5, 0.6) is 5.75 Å². The first-order valence-electron chi connectivity index (χ1n) is 8.75. The minimum absolute atomic E-state index is 0.280. The van der Waals surface area contributed by atoms with Crippen molar-refractivity contribution in [1.82, 2.24) is 5.32 Å². The van der Waals surface area contributed by atoms with Crippen molar-refractivity contribution in [2.45, 2.75) is 39.7 Å². The van der Waals surface area contributed by atoms with Crippen LogP contribution in [-0.2, 0) is 28.9 Å². The van der Waals surface area contributed by atoms with Gasteiger partial charge in [0, 0.05) is 11.4 Å². The number of hydrogen-bond acceptors (Lipinski definition) is 5. The van der Waals surface area contributed by atoms with E-state index in [0.717, 1.165) is 30.6 Å². The lowest BCUT2D eigenvalue weighted by molar-refractivity contribution is -0.124. The van der Waals surface area contributed by atoms with Crippen LogP contribution in [-0.4, -0.2) is 25.6 Å². The van der Waals surface area contributed by atoms with E-state index < -0.39 is 5.97 Å². The van der Waals surface area contributed by atoms with E-state index in [1.165, 1.54) is 21.8 Å². The highest BCUT2D eigenvalue weighted by molar-refractivity contribution is 7.14. The minimum atomic E-state index is -0.438. The minimum Gasteiger partial charge on any atom is -0.497 e. The highest BCUT2D eigenvalue weighted by atomic mass is 32.1. The van der Waals surface area contributed by atoms with Crippen molar-refractivity contribution in [2.75, 3.05) is 13.7 Å². The molecule has 0 unspecified atom stereocenters. The van der Waals surface area contributed by atoms with Gasteiger partial charge in [0.1, 0.15) is 10.6 Å². The van der Waals surface area contributed by atoms with Crippen molar-refractivity contribution in [3.8, 4) is 5.75 Å². The van der Waals surface area contributed by atoms with E-state index in [4.69, 9.17) is 9.47 Å². The van der Waals surface area contributed by atoms with Crippen molar-refractivity contribution in [1.29, 1.82) is 0 Å². The Labute approximate surface area is 158 Å². The van der Waals surface area contributed by atoms with Gasteiger partial charge in [-0.3, -0.25) is 4.79 Å². The van der Waals surface area contributed by atoms with Gasteiger partial charge in [-0.05, 0) is 42.2 Å². The first-order chi connectivity index (χ1) is 12.6. The summed E-state index contributed by atoms with van der Waals surface area (Å²) in [6.07, 6.45) is 2.89. The number of hydrogen-bond donors (Lipinski definition) is 1. The molecule has 5 nitrogen and oxygen atoms in total. The summed E-state index contributed by atoms with van der Waals surface area (Å²) in [5.74, 6) is 0.000664. The molecule has 2 rings (SSSR count). The molecule has 0 radical (unpaired) electrons. The first kappa shape index (κ1) is 20.0. The summed E-state index contributed by atoms with van der Waals surface area (Å²) in [5.41, 5.74) is 2.13. The summed E-state index contributed by atoms with van der Waals surface area (Å²) in [6.45, 7) is 4.28. The highest BCUT2D eigenvalue weighted by Gasteiger charge is 2.16. The maximum atomic E-state index is 12.2. The Kier molecular flexibility index (Phi) is 7.66. The van der Waals surface area contributed by atoms with E-state index in [1.54, 1.807) is 7.11 Å². The number of ether oxygens (including phenoxy) is 2. The zero-order chi connectivity index (χ0) is 18.9. The van der Waals surface area contributed by atoms with Crippen LogP contribution in [0.1, 0.15) is 45.9 Å². The van der Waals surface area contributed by atoms with Gasteiger partial charge in [-0.15, -0.1) is 11.3 Å². The predicted octanol–water partition coefficient (Wildman–Crippen LogP) is 3.74. The third-order valence-corrected chi connectivity index (χ3v) is 5.16. The Bertz CT molecular complexity index is 737. The molecule has 0 atom stereocenters.